The molecule has 6 nitrogen and oxygen atoms in total. The van der Waals surface area contributed by atoms with Gasteiger partial charge in [-0.15, -0.1) is 28.5 Å². The SMILES string of the molecule is C=CCSc1ccccc1NC(=O)CSc1nnc(N2CCCCC2)n1C1CC1. The number of hydrogen-bond acceptors (Lipinski definition) is 6. The molecule has 0 unspecified atom stereocenters. The van der Waals surface area contributed by atoms with Crippen LogP contribution in [0.4, 0.5) is 11.6 Å². The first-order chi connectivity index (χ1) is 14.3. The molecule has 1 N–H and O–H groups in total. The fraction of sp³-hybridized carbons (Fsp3) is 0.476. The van der Waals surface area contributed by atoms with Crippen LogP contribution in [-0.2, 0) is 4.79 Å². The highest BCUT2D eigenvalue weighted by molar-refractivity contribution is 8.00. The van der Waals surface area contributed by atoms with E-state index in [1.165, 1.54) is 43.9 Å². The summed E-state index contributed by atoms with van der Waals surface area (Å²) in [5, 5.41) is 12.8. The highest BCUT2D eigenvalue weighted by Gasteiger charge is 2.32. The first-order valence-electron chi connectivity index (χ1n) is 10.2. The lowest BCUT2D eigenvalue weighted by atomic mass is 10.1. The van der Waals surface area contributed by atoms with Gasteiger partial charge in [0, 0.05) is 29.8 Å². The van der Waals surface area contributed by atoms with E-state index in [4.69, 9.17) is 0 Å². The fourth-order valence-electron chi connectivity index (χ4n) is 3.49. The van der Waals surface area contributed by atoms with Crippen molar-refractivity contribution in [1.82, 2.24) is 14.8 Å². The van der Waals surface area contributed by atoms with Gasteiger partial charge in [0.05, 0.1) is 11.4 Å². The molecule has 0 atom stereocenters. The zero-order valence-corrected chi connectivity index (χ0v) is 18.2. The normalized spacial score (nSPS) is 16.6. The van der Waals surface area contributed by atoms with E-state index < -0.39 is 0 Å². The van der Waals surface area contributed by atoms with Gasteiger partial charge in [-0.2, -0.15) is 0 Å². The Kier molecular flexibility index (Phi) is 6.82. The second-order valence-corrected chi connectivity index (χ2v) is 9.37. The summed E-state index contributed by atoms with van der Waals surface area (Å²) in [6, 6.07) is 8.37. The molecular weight excluding hydrogens is 402 g/mol. The number of nitrogens with zero attached hydrogens (tertiary/aromatic N) is 4. The van der Waals surface area contributed by atoms with Crippen LogP contribution in [0.2, 0.25) is 0 Å². The smallest absolute Gasteiger partial charge is 0.234 e. The highest BCUT2D eigenvalue weighted by Crippen LogP contribution is 2.41. The molecule has 0 spiro atoms. The lowest BCUT2D eigenvalue weighted by Gasteiger charge is -2.27. The average Bonchev–Trinajstić information content (AvgIpc) is 3.51. The molecule has 154 valence electrons. The number of aromatic nitrogens is 3. The maximum absolute atomic E-state index is 12.6. The van der Waals surface area contributed by atoms with Crippen molar-refractivity contribution in [1.29, 1.82) is 0 Å². The lowest BCUT2D eigenvalue weighted by molar-refractivity contribution is -0.113. The molecule has 0 bridgehead atoms. The Morgan fingerprint density at radius 1 is 1.17 bits per heavy atom. The summed E-state index contributed by atoms with van der Waals surface area (Å²) in [7, 11) is 0. The second-order valence-electron chi connectivity index (χ2n) is 7.36. The van der Waals surface area contributed by atoms with Crippen LogP contribution in [0.5, 0.6) is 0 Å². The van der Waals surface area contributed by atoms with Crippen molar-refractivity contribution in [3.8, 4) is 0 Å². The largest absolute Gasteiger partial charge is 0.341 e. The molecule has 4 rings (SSSR count). The van der Waals surface area contributed by atoms with Crippen LogP contribution in [0.1, 0.15) is 38.1 Å². The quantitative estimate of drug-likeness (QED) is 0.464. The molecule has 8 heteroatoms. The van der Waals surface area contributed by atoms with Crippen molar-refractivity contribution in [2.24, 2.45) is 0 Å². The van der Waals surface area contributed by atoms with Gasteiger partial charge in [0.1, 0.15) is 0 Å². The Labute approximate surface area is 180 Å². The number of piperidine rings is 1. The molecule has 1 saturated heterocycles. The molecule has 1 aliphatic carbocycles. The van der Waals surface area contributed by atoms with Gasteiger partial charge in [-0.05, 0) is 44.2 Å². The standard InChI is InChI=1S/C21H27N5OS2/c1-2-14-28-18-9-5-4-8-17(18)22-19(27)15-29-21-24-23-20(26(21)16-10-11-16)25-12-6-3-7-13-25/h2,4-5,8-9,16H,1,3,6-7,10-15H2,(H,22,27). The van der Waals surface area contributed by atoms with Crippen LogP contribution >= 0.6 is 23.5 Å². The summed E-state index contributed by atoms with van der Waals surface area (Å²) in [5.41, 5.74) is 0.850. The van der Waals surface area contributed by atoms with Crippen molar-refractivity contribution >= 4 is 41.1 Å². The predicted molar refractivity (Wildman–Crippen MR) is 121 cm³/mol. The maximum Gasteiger partial charge on any atom is 0.234 e. The minimum absolute atomic E-state index is 0.0217. The zero-order valence-electron chi connectivity index (χ0n) is 16.5. The number of para-hydroxylation sites is 1. The Hall–Kier alpha value is -1.93. The number of thioether (sulfide) groups is 2. The van der Waals surface area contributed by atoms with Gasteiger partial charge in [0.25, 0.3) is 0 Å². The number of nitrogens with one attached hydrogen (secondary N) is 1. The van der Waals surface area contributed by atoms with Crippen molar-refractivity contribution in [3.05, 3.63) is 36.9 Å². The zero-order chi connectivity index (χ0) is 20.1. The minimum Gasteiger partial charge on any atom is -0.341 e. The van der Waals surface area contributed by atoms with E-state index in [0.717, 1.165) is 40.5 Å². The minimum atomic E-state index is -0.0217. The van der Waals surface area contributed by atoms with E-state index in [1.54, 1.807) is 11.8 Å². The summed E-state index contributed by atoms with van der Waals surface area (Å²) >= 11 is 3.14. The summed E-state index contributed by atoms with van der Waals surface area (Å²) in [4.78, 5) is 16.0. The highest BCUT2D eigenvalue weighted by atomic mass is 32.2. The maximum atomic E-state index is 12.6. The Morgan fingerprint density at radius 3 is 2.72 bits per heavy atom. The number of carbonyl (C=O) groups excluding carboxylic acids is 1. The van der Waals surface area contributed by atoms with Crippen LogP contribution in [0, 0.1) is 0 Å². The van der Waals surface area contributed by atoms with Gasteiger partial charge < -0.3 is 10.2 Å². The summed E-state index contributed by atoms with van der Waals surface area (Å²) in [5.74, 6) is 2.10. The molecule has 1 saturated carbocycles. The Morgan fingerprint density at radius 2 is 1.97 bits per heavy atom. The number of carbonyl (C=O) groups is 1. The number of rotatable bonds is 9. The molecule has 1 aromatic carbocycles. The van der Waals surface area contributed by atoms with Crippen molar-refractivity contribution < 1.29 is 4.79 Å². The van der Waals surface area contributed by atoms with Gasteiger partial charge in [0.15, 0.2) is 5.16 Å². The van der Waals surface area contributed by atoms with Crippen LogP contribution < -0.4 is 10.2 Å². The third-order valence-electron chi connectivity index (χ3n) is 5.05. The Bertz CT molecular complexity index is 859. The first kappa shape index (κ1) is 20.3. The van der Waals surface area contributed by atoms with Crippen molar-refractivity contribution in [3.63, 3.8) is 0 Å². The van der Waals surface area contributed by atoms with E-state index >= 15 is 0 Å². The van der Waals surface area contributed by atoms with Gasteiger partial charge >= 0.3 is 0 Å². The lowest BCUT2D eigenvalue weighted by Crippen LogP contribution is -2.32. The summed E-state index contributed by atoms with van der Waals surface area (Å²) < 4.78 is 2.26. The molecule has 2 aliphatic rings. The summed E-state index contributed by atoms with van der Waals surface area (Å²) in [6.07, 6.45) is 7.93. The van der Waals surface area contributed by atoms with Crippen LogP contribution in [0.3, 0.4) is 0 Å². The van der Waals surface area contributed by atoms with Gasteiger partial charge in [-0.1, -0.05) is 30.0 Å². The molecule has 2 heterocycles. The third kappa shape index (κ3) is 5.17. The van der Waals surface area contributed by atoms with E-state index in [1.807, 2.05) is 30.3 Å². The van der Waals surface area contributed by atoms with Crippen molar-refractivity contribution in [2.75, 3.05) is 34.8 Å². The fourth-order valence-corrected chi connectivity index (χ4v) is 5.04. The molecule has 0 radical (unpaired) electrons. The van der Waals surface area contributed by atoms with E-state index in [2.05, 4.69) is 31.6 Å². The number of amides is 1. The van der Waals surface area contributed by atoms with Crippen LogP contribution in [0.25, 0.3) is 0 Å². The van der Waals surface area contributed by atoms with Crippen molar-refractivity contribution in [2.45, 2.75) is 48.2 Å². The predicted octanol–water partition coefficient (Wildman–Crippen LogP) is 4.61. The average molecular weight is 430 g/mol. The molecule has 2 aromatic rings. The first-order valence-corrected chi connectivity index (χ1v) is 12.2. The molecule has 1 amide bonds. The second kappa shape index (κ2) is 9.71. The van der Waals surface area contributed by atoms with E-state index in [-0.39, 0.29) is 5.91 Å². The van der Waals surface area contributed by atoms with Gasteiger partial charge in [-0.25, -0.2) is 0 Å². The van der Waals surface area contributed by atoms with Gasteiger partial charge in [-0.3, -0.25) is 9.36 Å². The number of hydrogen-bond donors (Lipinski definition) is 1. The summed E-state index contributed by atoms with van der Waals surface area (Å²) in [6.45, 7) is 5.86. The number of benzene rings is 1. The molecule has 2 fully saturated rings. The molecule has 1 aliphatic heterocycles. The molecule has 1 aromatic heterocycles. The third-order valence-corrected chi connectivity index (χ3v) is 7.06. The van der Waals surface area contributed by atoms with Gasteiger partial charge in [0.2, 0.25) is 11.9 Å². The van der Waals surface area contributed by atoms with Crippen LogP contribution in [-0.4, -0.2) is 45.3 Å². The van der Waals surface area contributed by atoms with Crippen LogP contribution in [0.15, 0.2) is 47.0 Å². The monoisotopic (exact) mass is 429 g/mol. The molecular formula is C21H27N5OS2. The number of anilines is 2. The van der Waals surface area contributed by atoms with E-state index in [0.29, 0.717) is 11.8 Å². The Balaban J connectivity index is 1.40. The van der Waals surface area contributed by atoms with E-state index in [9.17, 15) is 4.79 Å². The topological polar surface area (TPSA) is 63.1 Å². The molecule has 29 heavy (non-hydrogen) atoms.